The Kier molecular flexibility index (Phi) is 3.37. The Morgan fingerprint density at radius 1 is 1.00 bits per heavy atom. The molecule has 0 radical (unpaired) electrons. The van der Waals surface area contributed by atoms with Crippen LogP contribution in [0.2, 0.25) is 0 Å². The molecule has 0 bridgehead atoms. The third-order valence-corrected chi connectivity index (χ3v) is 4.21. The number of carbonyl (C=O) groups is 1. The van der Waals surface area contributed by atoms with E-state index in [9.17, 15) is 4.79 Å². The summed E-state index contributed by atoms with van der Waals surface area (Å²) in [6.45, 7) is 3.19. The van der Waals surface area contributed by atoms with Gasteiger partial charge in [-0.1, -0.05) is 12.1 Å². The number of hydrogen-bond acceptors (Lipinski definition) is 5. The fourth-order valence-corrected chi connectivity index (χ4v) is 2.83. The number of amides is 1. The second-order valence-electron chi connectivity index (χ2n) is 5.93. The van der Waals surface area contributed by atoms with Crippen LogP contribution in [0.4, 0.5) is 11.6 Å². The lowest BCUT2D eigenvalue weighted by Gasteiger charge is -2.33. The Labute approximate surface area is 139 Å². The van der Waals surface area contributed by atoms with Gasteiger partial charge in [0.2, 0.25) is 0 Å². The molecule has 0 atom stereocenters. The van der Waals surface area contributed by atoms with Crippen LogP contribution in [0, 0.1) is 6.92 Å². The summed E-state index contributed by atoms with van der Waals surface area (Å²) in [5.41, 5.74) is 3.06. The van der Waals surface area contributed by atoms with Crippen LogP contribution in [0.15, 0.2) is 42.6 Å². The smallest absolute Gasteiger partial charge is 0.261 e. The lowest BCUT2D eigenvalue weighted by atomic mass is 10.2. The van der Waals surface area contributed by atoms with E-state index < -0.39 is 0 Å². The minimum atomic E-state index is -0.0959. The number of nitrogens with zero attached hydrogens (tertiary/aromatic N) is 5. The van der Waals surface area contributed by atoms with Crippen molar-refractivity contribution in [2.75, 3.05) is 29.9 Å². The summed E-state index contributed by atoms with van der Waals surface area (Å²) in [5.74, 6) is 1.24. The number of rotatable bonds is 1. The first-order valence-electron chi connectivity index (χ1n) is 7.86. The predicted octanol–water partition coefficient (Wildman–Crippen LogP) is 2.43. The van der Waals surface area contributed by atoms with Crippen molar-refractivity contribution < 1.29 is 4.79 Å². The molecule has 6 nitrogen and oxygen atoms in total. The summed E-state index contributed by atoms with van der Waals surface area (Å²) in [6.07, 6.45) is 1.62. The van der Waals surface area contributed by atoms with E-state index in [1.54, 1.807) is 17.2 Å². The van der Waals surface area contributed by atoms with Crippen molar-refractivity contribution >= 4 is 28.6 Å². The number of fused-ring (bicyclic) bond motifs is 2. The van der Waals surface area contributed by atoms with Crippen LogP contribution in [0.25, 0.3) is 11.0 Å². The Morgan fingerprint density at radius 3 is 2.38 bits per heavy atom. The van der Waals surface area contributed by atoms with Crippen LogP contribution in [0.1, 0.15) is 16.1 Å². The van der Waals surface area contributed by atoms with Crippen molar-refractivity contribution in [1.82, 2.24) is 15.0 Å². The molecular formula is C18H17N5O. The number of para-hydroxylation sites is 2. The lowest BCUT2D eigenvalue weighted by Crippen LogP contribution is -2.43. The number of hydrogen-bond donors (Lipinski definition) is 0. The van der Waals surface area contributed by atoms with E-state index >= 15 is 0 Å². The molecule has 4 rings (SSSR count). The van der Waals surface area contributed by atoms with E-state index in [1.165, 1.54) is 0 Å². The first-order chi connectivity index (χ1) is 11.6. The monoisotopic (exact) mass is 319 g/mol. The highest BCUT2D eigenvalue weighted by Gasteiger charge is 2.29. The predicted molar refractivity (Wildman–Crippen MR) is 93.5 cm³/mol. The first kappa shape index (κ1) is 14.6. The standard InChI is InChI=1S/C18H17N5O/c1-12-7-8-13(11-19-12)18(24)23-10-9-22(2)16-17(23)21-15-6-4-3-5-14(15)20-16/h3-8,11H,9-10H2,1-2H3. The number of benzene rings is 1. The highest BCUT2D eigenvalue weighted by Crippen LogP contribution is 2.31. The van der Waals surface area contributed by atoms with Gasteiger partial charge in [-0.25, -0.2) is 9.97 Å². The molecule has 3 aromatic rings. The number of likely N-dealkylation sites (N-methyl/N-ethyl adjacent to an activating group) is 1. The van der Waals surface area contributed by atoms with Crippen molar-refractivity contribution in [2.45, 2.75) is 6.92 Å². The van der Waals surface area contributed by atoms with Crippen molar-refractivity contribution in [3.8, 4) is 0 Å². The molecular weight excluding hydrogens is 302 g/mol. The van der Waals surface area contributed by atoms with Crippen LogP contribution in [-0.2, 0) is 0 Å². The molecule has 1 aromatic carbocycles. The molecule has 6 heteroatoms. The van der Waals surface area contributed by atoms with Crippen molar-refractivity contribution in [2.24, 2.45) is 0 Å². The van der Waals surface area contributed by atoms with Crippen molar-refractivity contribution in [3.05, 3.63) is 53.9 Å². The van der Waals surface area contributed by atoms with Gasteiger partial charge in [0.05, 0.1) is 16.6 Å². The van der Waals surface area contributed by atoms with Gasteiger partial charge in [0.1, 0.15) is 0 Å². The topological polar surface area (TPSA) is 62.2 Å². The second kappa shape index (κ2) is 5.56. The first-order valence-corrected chi connectivity index (χ1v) is 7.86. The van der Waals surface area contributed by atoms with Gasteiger partial charge in [-0.15, -0.1) is 0 Å². The zero-order valence-electron chi connectivity index (χ0n) is 13.6. The number of pyridine rings is 1. The average Bonchev–Trinajstić information content (AvgIpc) is 2.61. The zero-order chi connectivity index (χ0) is 16.7. The molecule has 0 spiro atoms. The van der Waals surface area contributed by atoms with E-state index in [0.29, 0.717) is 24.5 Å². The van der Waals surface area contributed by atoms with Crippen molar-refractivity contribution in [1.29, 1.82) is 0 Å². The fraction of sp³-hybridized carbons (Fsp3) is 0.222. The molecule has 3 heterocycles. The molecule has 24 heavy (non-hydrogen) atoms. The number of anilines is 2. The van der Waals surface area contributed by atoms with Gasteiger partial charge in [0.15, 0.2) is 11.6 Å². The molecule has 0 saturated carbocycles. The normalized spacial score (nSPS) is 13.9. The van der Waals surface area contributed by atoms with E-state index in [4.69, 9.17) is 9.97 Å². The summed E-state index contributed by atoms with van der Waals surface area (Å²) >= 11 is 0. The second-order valence-corrected chi connectivity index (χ2v) is 5.93. The van der Waals surface area contributed by atoms with Gasteiger partial charge in [-0.05, 0) is 31.2 Å². The van der Waals surface area contributed by atoms with Crippen LogP contribution in [-0.4, -0.2) is 41.0 Å². The SMILES string of the molecule is Cc1ccc(C(=O)N2CCN(C)c3nc4ccccc4nc32)cn1. The largest absolute Gasteiger partial charge is 0.355 e. The molecule has 0 saturated heterocycles. The van der Waals surface area contributed by atoms with E-state index in [2.05, 4.69) is 4.98 Å². The lowest BCUT2D eigenvalue weighted by molar-refractivity contribution is 0.0985. The Balaban J connectivity index is 1.81. The molecule has 0 unspecified atom stereocenters. The minimum absolute atomic E-state index is 0.0959. The van der Waals surface area contributed by atoms with Gasteiger partial charge in [0, 0.05) is 32.0 Å². The average molecular weight is 319 g/mol. The highest BCUT2D eigenvalue weighted by molar-refractivity contribution is 6.07. The Bertz CT molecular complexity index is 922. The number of aryl methyl sites for hydroxylation is 1. The van der Waals surface area contributed by atoms with Crippen LogP contribution in [0.3, 0.4) is 0 Å². The third-order valence-electron chi connectivity index (χ3n) is 4.21. The quantitative estimate of drug-likeness (QED) is 0.689. The van der Waals surface area contributed by atoms with Crippen LogP contribution in [0.5, 0.6) is 0 Å². The molecule has 1 aliphatic rings. The zero-order valence-corrected chi connectivity index (χ0v) is 13.6. The summed E-state index contributed by atoms with van der Waals surface area (Å²) < 4.78 is 0. The van der Waals surface area contributed by atoms with Gasteiger partial charge in [-0.2, -0.15) is 0 Å². The molecule has 0 fully saturated rings. The van der Waals surface area contributed by atoms with Crippen LogP contribution >= 0.6 is 0 Å². The van der Waals surface area contributed by atoms with Crippen LogP contribution < -0.4 is 9.80 Å². The van der Waals surface area contributed by atoms with Gasteiger partial charge < -0.3 is 4.90 Å². The Hall–Kier alpha value is -3.02. The summed E-state index contributed by atoms with van der Waals surface area (Å²) in [6, 6.07) is 11.3. The van der Waals surface area contributed by atoms with Gasteiger partial charge in [0.25, 0.3) is 5.91 Å². The molecule has 1 amide bonds. The summed E-state index contributed by atoms with van der Waals surface area (Å²) in [4.78, 5) is 30.3. The molecule has 0 aliphatic carbocycles. The van der Waals surface area contributed by atoms with Gasteiger partial charge in [-0.3, -0.25) is 14.7 Å². The summed E-state index contributed by atoms with van der Waals surface area (Å²) in [7, 11) is 1.97. The molecule has 2 aromatic heterocycles. The molecule has 1 aliphatic heterocycles. The maximum atomic E-state index is 12.9. The Morgan fingerprint density at radius 2 is 1.71 bits per heavy atom. The third kappa shape index (κ3) is 2.36. The summed E-state index contributed by atoms with van der Waals surface area (Å²) in [5, 5.41) is 0. The minimum Gasteiger partial charge on any atom is -0.355 e. The maximum Gasteiger partial charge on any atom is 0.261 e. The number of carbonyl (C=O) groups excluding carboxylic acids is 1. The van der Waals surface area contributed by atoms with Gasteiger partial charge >= 0.3 is 0 Å². The van der Waals surface area contributed by atoms with E-state index in [-0.39, 0.29) is 5.91 Å². The van der Waals surface area contributed by atoms with E-state index in [0.717, 1.165) is 22.5 Å². The molecule has 120 valence electrons. The molecule has 0 N–H and O–H groups in total. The van der Waals surface area contributed by atoms with Crippen molar-refractivity contribution in [3.63, 3.8) is 0 Å². The van der Waals surface area contributed by atoms with E-state index in [1.807, 2.05) is 49.2 Å². The highest BCUT2D eigenvalue weighted by atomic mass is 16.2. The fourth-order valence-electron chi connectivity index (χ4n) is 2.83. The number of aromatic nitrogens is 3. The maximum absolute atomic E-state index is 12.9.